The Labute approximate surface area is 129 Å². The summed E-state index contributed by atoms with van der Waals surface area (Å²) in [5.41, 5.74) is 1.26. The van der Waals surface area contributed by atoms with E-state index in [0.717, 1.165) is 5.56 Å². The van der Waals surface area contributed by atoms with Crippen molar-refractivity contribution in [3.05, 3.63) is 71.4 Å². The molecule has 0 aliphatic rings. The van der Waals surface area contributed by atoms with E-state index in [4.69, 9.17) is 0 Å². The van der Waals surface area contributed by atoms with Crippen LogP contribution >= 0.6 is 0 Å². The van der Waals surface area contributed by atoms with Gasteiger partial charge in [-0.1, -0.05) is 17.3 Å². The molecule has 116 valence electrons. The molecule has 0 bridgehead atoms. The summed E-state index contributed by atoms with van der Waals surface area (Å²) in [7, 11) is 0. The molecule has 7 heteroatoms. The summed E-state index contributed by atoms with van der Waals surface area (Å²) in [5, 5.41) is 16.8. The highest BCUT2D eigenvalue weighted by molar-refractivity contribution is 5.92. The lowest BCUT2D eigenvalue weighted by Gasteiger charge is -2.07. The maximum Gasteiger partial charge on any atom is 0.358 e. The van der Waals surface area contributed by atoms with Gasteiger partial charge < -0.3 is 5.11 Å². The van der Waals surface area contributed by atoms with Crippen molar-refractivity contribution in [3.63, 3.8) is 0 Å². The number of benzene rings is 2. The molecule has 0 radical (unpaired) electrons. The van der Waals surface area contributed by atoms with E-state index in [2.05, 4.69) is 10.3 Å². The van der Waals surface area contributed by atoms with Crippen molar-refractivity contribution in [3.8, 4) is 11.3 Å². The molecule has 0 saturated heterocycles. The molecule has 5 nitrogen and oxygen atoms in total. The summed E-state index contributed by atoms with van der Waals surface area (Å²) in [5.74, 6) is -2.02. The Balaban J connectivity index is 2.05. The molecule has 0 amide bonds. The van der Waals surface area contributed by atoms with Crippen molar-refractivity contribution < 1.29 is 18.7 Å². The highest BCUT2D eigenvalue weighted by Crippen LogP contribution is 2.23. The van der Waals surface area contributed by atoms with Crippen LogP contribution in [-0.2, 0) is 6.54 Å². The molecule has 0 fully saturated rings. The van der Waals surface area contributed by atoms with E-state index in [9.17, 15) is 18.7 Å². The number of aromatic nitrogens is 3. The normalized spacial score (nSPS) is 10.7. The highest BCUT2D eigenvalue weighted by atomic mass is 19.1. The molecule has 1 heterocycles. The van der Waals surface area contributed by atoms with Crippen LogP contribution in [0.15, 0.2) is 48.5 Å². The van der Waals surface area contributed by atoms with Crippen molar-refractivity contribution >= 4 is 5.97 Å². The van der Waals surface area contributed by atoms with E-state index < -0.39 is 11.8 Å². The average molecular weight is 315 g/mol. The number of carbonyl (C=O) groups is 1. The molecular weight excluding hydrogens is 304 g/mol. The third-order valence-corrected chi connectivity index (χ3v) is 3.30. The summed E-state index contributed by atoms with van der Waals surface area (Å²) >= 11 is 0. The van der Waals surface area contributed by atoms with Gasteiger partial charge in [-0.05, 0) is 42.0 Å². The van der Waals surface area contributed by atoms with Gasteiger partial charge in [-0.3, -0.25) is 0 Å². The predicted molar refractivity (Wildman–Crippen MR) is 77.9 cm³/mol. The fourth-order valence-corrected chi connectivity index (χ4v) is 2.22. The average Bonchev–Trinajstić information content (AvgIpc) is 2.94. The summed E-state index contributed by atoms with van der Waals surface area (Å²) in [4.78, 5) is 11.3. The molecule has 0 spiro atoms. The Morgan fingerprint density at radius 1 is 1.00 bits per heavy atom. The Bertz CT molecular complexity index is 843. The van der Waals surface area contributed by atoms with Crippen molar-refractivity contribution in [2.75, 3.05) is 0 Å². The second-order valence-electron chi connectivity index (χ2n) is 4.88. The number of rotatable bonds is 4. The molecule has 0 atom stereocenters. The number of hydrogen-bond acceptors (Lipinski definition) is 3. The third-order valence-electron chi connectivity index (χ3n) is 3.30. The second kappa shape index (κ2) is 5.96. The Kier molecular flexibility index (Phi) is 3.84. The molecule has 0 aliphatic heterocycles. The first-order valence-electron chi connectivity index (χ1n) is 6.72. The van der Waals surface area contributed by atoms with E-state index in [1.54, 1.807) is 12.1 Å². The summed E-state index contributed by atoms with van der Waals surface area (Å²) < 4.78 is 27.4. The van der Waals surface area contributed by atoms with Crippen LogP contribution in [0.2, 0.25) is 0 Å². The zero-order valence-electron chi connectivity index (χ0n) is 11.8. The largest absolute Gasteiger partial charge is 0.476 e. The molecule has 1 N–H and O–H groups in total. The van der Waals surface area contributed by atoms with Crippen LogP contribution in [-0.4, -0.2) is 26.1 Å². The number of carboxylic acids is 1. The maximum absolute atomic E-state index is 13.1. The van der Waals surface area contributed by atoms with Crippen LogP contribution < -0.4 is 0 Å². The zero-order valence-corrected chi connectivity index (χ0v) is 11.8. The van der Waals surface area contributed by atoms with Gasteiger partial charge in [-0.25, -0.2) is 18.3 Å². The van der Waals surface area contributed by atoms with Crippen LogP contribution in [0.1, 0.15) is 16.1 Å². The molecule has 2 aromatic carbocycles. The van der Waals surface area contributed by atoms with Gasteiger partial charge in [-0.2, -0.15) is 0 Å². The van der Waals surface area contributed by atoms with Gasteiger partial charge in [0, 0.05) is 5.56 Å². The Hall–Kier alpha value is -3.09. The van der Waals surface area contributed by atoms with Crippen molar-refractivity contribution in [2.24, 2.45) is 0 Å². The molecule has 1 aromatic heterocycles. The number of hydrogen-bond donors (Lipinski definition) is 1. The van der Waals surface area contributed by atoms with Crippen LogP contribution in [0.5, 0.6) is 0 Å². The van der Waals surface area contributed by atoms with Gasteiger partial charge in [0.2, 0.25) is 0 Å². The van der Waals surface area contributed by atoms with E-state index in [0.29, 0.717) is 5.56 Å². The first-order chi connectivity index (χ1) is 11.0. The molecule has 0 aliphatic carbocycles. The van der Waals surface area contributed by atoms with Gasteiger partial charge >= 0.3 is 5.97 Å². The van der Waals surface area contributed by atoms with Gasteiger partial charge in [0.05, 0.1) is 6.54 Å². The number of nitrogens with zero attached hydrogens (tertiary/aromatic N) is 3. The minimum absolute atomic E-state index is 0.216. The number of carboxylic acid groups (broad SMARTS) is 1. The SMILES string of the molecule is O=C(O)c1nnn(Cc2ccc(F)cc2)c1-c1ccc(F)cc1. The minimum Gasteiger partial charge on any atom is -0.476 e. The number of aromatic carboxylic acids is 1. The van der Waals surface area contributed by atoms with Gasteiger partial charge in [0.1, 0.15) is 17.3 Å². The summed E-state index contributed by atoms with van der Waals surface area (Å²) in [6, 6.07) is 11.2. The smallest absolute Gasteiger partial charge is 0.358 e. The molecule has 3 aromatic rings. The molecule has 23 heavy (non-hydrogen) atoms. The molecule has 3 rings (SSSR count). The fourth-order valence-electron chi connectivity index (χ4n) is 2.22. The van der Waals surface area contributed by atoms with Crippen molar-refractivity contribution in [1.82, 2.24) is 15.0 Å². The van der Waals surface area contributed by atoms with Crippen LogP contribution in [0, 0.1) is 11.6 Å². The minimum atomic E-state index is -1.23. The monoisotopic (exact) mass is 315 g/mol. The Morgan fingerprint density at radius 2 is 1.57 bits per heavy atom. The standard InChI is InChI=1S/C16H11F2N3O2/c17-12-5-1-10(2-6-12)9-21-15(14(16(22)23)19-20-21)11-3-7-13(18)8-4-11/h1-8H,9H2,(H,22,23). The van der Waals surface area contributed by atoms with E-state index >= 15 is 0 Å². The lowest BCUT2D eigenvalue weighted by molar-refractivity contribution is 0.0691. The van der Waals surface area contributed by atoms with Crippen molar-refractivity contribution in [2.45, 2.75) is 6.54 Å². The quantitative estimate of drug-likeness (QED) is 0.803. The van der Waals surface area contributed by atoms with E-state index in [1.165, 1.54) is 41.1 Å². The zero-order chi connectivity index (χ0) is 16.4. The molecule has 0 unspecified atom stereocenters. The van der Waals surface area contributed by atoms with Crippen molar-refractivity contribution in [1.29, 1.82) is 0 Å². The topological polar surface area (TPSA) is 68.0 Å². The lowest BCUT2D eigenvalue weighted by Crippen LogP contribution is -2.06. The van der Waals surface area contributed by atoms with Gasteiger partial charge in [-0.15, -0.1) is 5.10 Å². The van der Waals surface area contributed by atoms with Crippen LogP contribution in [0.4, 0.5) is 8.78 Å². The third kappa shape index (κ3) is 3.08. The van der Waals surface area contributed by atoms with E-state index in [-0.39, 0.29) is 23.7 Å². The first-order valence-corrected chi connectivity index (χ1v) is 6.72. The molecule has 0 saturated carbocycles. The fraction of sp³-hybridized carbons (Fsp3) is 0.0625. The highest BCUT2D eigenvalue weighted by Gasteiger charge is 2.20. The maximum atomic E-state index is 13.1. The Morgan fingerprint density at radius 3 is 2.13 bits per heavy atom. The van der Waals surface area contributed by atoms with Gasteiger partial charge in [0.15, 0.2) is 5.69 Å². The summed E-state index contributed by atoms with van der Waals surface area (Å²) in [6.45, 7) is 0.216. The van der Waals surface area contributed by atoms with E-state index in [1.807, 2.05) is 0 Å². The lowest BCUT2D eigenvalue weighted by atomic mass is 10.1. The first kappa shape index (κ1) is 14.8. The second-order valence-corrected chi connectivity index (χ2v) is 4.88. The molecular formula is C16H11F2N3O2. The predicted octanol–water partition coefficient (Wildman–Crippen LogP) is 2.97. The van der Waals surface area contributed by atoms with Crippen LogP contribution in [0.3, 0.4) is 0 Å². The number of halogens is 2. The summed E-state index contributed by atoms with van der Waals surface area (Å²) in [6.07, 6.45) is 0. The van der Waals surface area contributed by atoms with Gasteiger partial charge in [0.25, 0.3) is 0 Å². The van der Waals surface area contributed by atoms with Crippen LogP contribution in [0.25, 0.3) is 11.3 Å².